The molecule has 3 N–H and O–H groups in total. The van der Waals surface area contributed by atoms with Crippen LogP contribution in [0, 0.1) is 0 Å². The van der Waals surface area contributed by atoms with Gasteiger partial charge in [-0.3, -0.25) is 9.78 Å². The van der Waals surface area contributed by atoms with Crippen molar-refractivity contribution in [2.75, 3.05) is 13.7 Å². The fourth-order valence-electron chi connectivity index (χ4n) is 2.53. The maximum Gasteiger partial charge on any atom is 0.315 e. The van der Waals surface area contributed by atoms with Crippen LogP contribution in [-0.4, -0.2) is 42.2 Å². The van der Waals surface area contributed by atoms with E-state index in [4.69, 9.17) is 0 Å². The van der Waals surface area contributed by atoms with Crippen molar-refractivity contribution in [1.29, 1.82) is 0 Å². The standard InChI is InChI=1S/C19H22F3N3O2/c1-11(23-2)15-8-7-14(10-24-15)12-3-5-13(6-4-12)17(26)16(9-20)25-19(27)18(21)22/h3-8,10-11,16-18,23,26H,9H2,1-2H3,(H,25,27)/t11?,16-,17-/m1/s1. The van der Waals surface area contributed by atoms with Crippen molar-refractivity contribution in [1.82, 2.24) is 15.6 Å². The number of hydrogen-bond donors (Lipinski definition) is 3. The van der Waals surface area contributed by atoms with Crippen molar-refractivity contribution >= 4 is 5.91 Å². The van der Waals surface area contributed by atoms with Gasteiger partial charge in [-0.05, 0) is 31.2 Å². The Labute approximate surface area is 155 Å². The van der Waals surface area contributed by atoms with E-state index in [9.17, 15) is 23.1 Å². The van der Waals surface area contributed by atoms with Crippen LogP contribution in [0.4, 0.5) is 13.2 Å². The Hall–Kier alpha value is -2.45. The molecule has 2 rings (SSSR count). The number of nitrogens with zero attached hydrogens (tertiary/aromatic N) is 1. The summed E-state index contributed by atoms with van der Waals surface area (Å²) in [6, 6.07) is 9.02. The molecule has 8 heteroatoms. The van der Waals surface area contributed by atoms with E-state index in [-0.39, 0.29) is 6.04 Å². The third kappa shape index (κ3) is 5.27. The second kappa shape index (κ2) is 9.48. The normalized spacial score (nSPS) is 14.6. The number of nitrogens with one attached hydrogen (secondary N) is 2. The number of alkyl halides is 3. The van der Waals surface area contributed by atoms with Crippen molar-refractivity contribution < 1.29 is 23.1 Å². The highest BCUT2D eigenvalue weighted by atomic mass is 19.3. The Balaban J connectivity index is 2.12. The second-order valence-corrected chi connectivity index (χ2v) is 6.12. The number of aliphatic hydroxyl groups is 1. The second-order valence-electron chi connectivity index (χ2n) is 6.12. The molecule has 1 amide bonds. The van der Waals surface area contributed by atoms with Gasteiger partial charge in [0.25, 0.3) is 5.91 Å². The van der Waals surface area contributed by atoms with Crippen molar-refractivity contribution in [3.63, 3.8) is 0 Å². The highest BCUT2D eigenvalue weighted by Gasteiger charge is 2.26. The van der Waals surface area contributed by atoms with Crippen molar-refractivity contribution in [3.05, 3.63) is 53.9 Å². The topological polar surface area (TPSA) is 74.2 Å². The predicted octanol–water partition coefficient (Wildman–Crippen LogP) is 2.78. The summed E-state index contributed by atoms with van der Waals surface area (Å²) >= 11 is 0. The molecule has 0 spiro atoms. The van der Waals surface area contributed by atoms with Crippen LogP contribution >= 0.6 is 0 Å². The molecule has 0 saturated carbocycles. The van der Waals surface area contributed by atoms with E-state index in [1.807, 2.05) is 26.1 Å². The first-order valence-corrected chi connectivity index (χ1v) is 8.43. The fourth-order valence-corrected chi connectivity index (χ4v) is 2.53. The third-order valence-corrected chi connectivity index (χ3v) is 4.32. The van der Waals surface area contributed by atoms with Crippen LogP contribution in [0.25, 0.3) is 11.1 Å². The van der Waals surface area contributed by atoms with E-state index in [2.05, 4.69) is 10.3 Å². The van der Waals surface area contributed by atoms with Gasteiger partial charge < -0.3 is 15.7 Å². The van der Waals surface area contributed by atoms with Crippen LogP contribution in [-0.2, 0) is 4.79 Å². The Morgan fingerprint density at radius 1 is 1.15 bits per heavy atom. The summed E-state index contributed by atoms with van der Waals surface area (Å²) in [6.07, 6.45) is -2.99. The van der Waals surface area contributed by atoms with Crippen molar-refractivity contribution in [3.8, 4) is 11.1 Å². The largest absolute Gasteiger partial charge is 0.386 e. The van der Waals surface area contributed by atoms with Crippen molar-refractivity contribution in [2.45, 2.75) is 31.5 Å². The summed E-state index contributed by atoms with van der Waals surface area (Å²) in [7, 11) is 1.85. The monoisotopic (exact) mass is 381 g/mol. The average Bonchev–Trinajstić information content (AvgIpc) is 2.70. The minimum Gasteiger partial charge on any atom is -0.386 e. The molecule has 27 heavy (non-hydrogen) atoms. The summed E-state index contributed by atoms with van der Waals surface area (Å²) < 4.78 is 37.7. The molecule has 0 aliphatic rings. The lowest BCUT2D eigenvalue weighted by Gasteiger charge is -2.22. The van der Waals surface area contributed by atoms with Gasteiger partial charge in [0.05, 0.1) is 11.7 Å². The van der Waals surface area contributed by atoms with Gasteiger partial charge in [-0.1, -0.05) is 30.3 Å². The van der Waals surface area contributed by atoms with Crippen molar-refractivity contribution in [2.24, 2.45) is 0 Å². The quantitative estimate of drug-likeness (QED) is 0.657. The maximum atomic E-state index is 13.1. The molecule has 1 aromatic heterocycles. The Morgan fingerprint density at radius 3 is 2.26 bits per heavy atom. The zero-order valence-corrected chi connectivity index (χ0v) is 15.0. The van der Waals surface area contributed by atoms with E-state index >= 15 is 0 Å². The summed E-state index contributed by atoms with van der Waals surface area (Å²) in [6.45, 7) is 0.822. The van der Waals surface area contributed by atoms with Gasteiger partial charge in [-0.2, -0.15) is 8.78 Å². The number of carbonyl (C=O) groups is 1. The van der Waals surface area contributed by atoms with E-state index < -0.39 is 31.2 Å². The number of carbonyl (C=O) groups excluding carboxylic acids is 1. The van der Waals surface area contributed by atoms with Crippen LogP contribution in [0.5, 0.6) is 0 Å². The lowest BCUT2D eigenvalue weighted by atomic mass is 9.99. The first-order chi connectivity index (χ1) is 12.9. The SMILES string of the molecule is CNC(C)c1ccc(-c2ccc([C@@H](O)[C@@H](CF)NC(=O)C(F)F)cc2)cn1. The molecule has 5 nitrogen and oxygen atoms in total. The molecule has 0 aliphatic heterocycles. The molecule has 1 aromatic carbocycles. The first kappa shape index (κ1) is 20.9. The zero-order chi connectivity index (χ0) is 20.0. The molecular weight excluding hydrogens is 359 g/mol. The van der Waals surface area contributed by atoms with Gasteiger partial charge >= 0.3 is 6.43 Å². The average molecular weight is 381 g/mol. The number of amides is 1. The van der Waals surface area contributed by atoms with Crippen LogP contribution in [0.1, 0.15) is 30.3 Å². The first-order valence-electron chi connectivity index (χ1n) is 8.43. The molecule has 3 atom stereocenters. The lowest BCUT2D eigenvalue weighted by Crippen LogP contribution is -2.43. The van der Waals surface area contributed by atoms with E-state index in [1.54, 1.807) is 35.8 Å². The summed E-state index contributed by atoms with van der Waals surface area (Å²) in [5.74, 6) is -1.62. The molecule has 0 bridgehead atoms. The lowest BCUT2D eigenvalue weighted by molar-refractivity contribution is -0.133. The van der Waals surface area contributed by atoms with Gasteiger partial charge in [-0.25, -0.2) is 4.39 Å². The van der Waals surface area contributed by atoms with Crippen LogP contribution in [0.2, 0.25) is 0 Å². The van der Waals surface area contributed by atoms with Crippen LogP contribution in [0.15, 0.2) is 42.6 Å². The molecule has 0 aliphatic carbocycles. The molecule has 1 heterocycles. The fraction of sp³-hybridized carbons (Fsp3) is 0.368. The summed E-state index contributed by atoms with van der Waals surface area (Å²) in [4.78, 5) is 15.4. The number of hydrogen-bond acceptors (Lipinski definition) is 4. The molecular formula is C19H22F3N3O2. The van der Waals surface area contributed by atoms with Crippen LogP contribution < -0.4 is 10.6 Å². The van der Waals surface area contributed by atoms with Gasteiger partial charge in [-0.15, -0.1) is 0 Å². The smallest absolute Gasteiger partial charge is 0.315 e. The molecule has 146 valence electrons. The highest BCUT2D eigenvalue weighted by molar-refractivity contribution is 5.79. The summed E-state index contributed by atoms with van der Waals surface area (Å²) in [5.41, 5.74) is 2.89. The molecule has 0 radical (unpaired) electrons. The number of aromatic nitrogens is 1. The van der Waals surface area contributed by atoms with Gasteiger partial charge in [0.1, 0.15) is 12.8 Å². The summed E-state index contributed by atoms with van der Waals surface area (Å²) in [5, 5.41) is 15.1. The van der Waals surface area contributed by atoms with E-state index in [0.717, 1.165) is 16.8 Å². The van der Waals surface area contributed by atoms with Crippen LogP contribution in [0.3, 0.4) is 0 Å². The molecule has 1 unspecified atom stereocenters. The van der Waals surface area contributed by atoms with Gasteiger partial charge in [0, 0.05) is 17.8 Å². The number of halogens is 3. The molecule has 0 saturated heterocycles. The Morgan fingerprint density at radius 2 is 1.78 bits per heavy atom. The Kier molecular flexibility index (Phi) is 7.32. The predicted molar refractivity (Wildman–Crippen MR) is 96.0 cm³/mol. The maximum absolute atomic E-state index is 13.1. The minimum absolute atomic E-state index is 0.123. The third-order valence-electron chi connectivity index (χ3n) is 4.32. The minimum atomic E-state index is -3.27. The number of benzene rings is 1. The Bertz CT molecular complexity index is 739. The molecule has 0 fully saturated rings. The highest BCUT2D eigenvalue weighted by Crippen LogP contribution is 2.24. The van der Waals surface area contributed by atoms with Gasteiger partial charge in [0.15, 0.2) is 0 Å². The van der Waals surface area contributed by atoms with E-state index in [1.165, 1.54) is 0 Å². The number of pyridine rings is 1. The molecule has 2 aromatic rings. The number of aliphatic hydroxyl groups excluding tert-OH is 1. The van der Waals surface area contributed by atoms with E-state index in [0.29, 0.717) is 5.56 Å². The van der Waals surface area contributed by atoms with Gasteiger partial charge in [0.2, 0.25) is 0 Å². The zero-order valence-electron chi connectivity index (χ0n) is 15.0. The number of rotatable bonds is 8.